The van der Waals surface area contributed by atoms with Crippen molar-refractivity contribution in [1.29, 1.82) is 0 Å². The number of hydrogen-bond donors (Lipinski definition) is 1. The third-order valence-electron chi connectivity index (χ3n) is 3.42. The number of ether oxygens (including phenoxy) is 2. The van der Waals surface area contributed by atoms with E-state index in [-0.39, 0.29) is 10.8 Å². The number of aromatic hydroxyl groups is 1. The first-order valence-electron chi connectivity index (χ1n) is 7.20. The number of halogens is 2. The predicted octanol–water partition coefficient (Wildman–Crippen LogP) is 4.13. The lowest BCUT2D eigenvalue weighted by Gasteiger charge is -2.18. The van der Waals surface area contributed by atoms with E-state index in [1.54, 1.807) is 12.3 Å². The van der Waals surface area contributed by atoms with Gasteiger partial charge < -0.3 is 14.6 Å². The van der Waals surface area contributed by atoms with Crippen molar-refractivity contribution >= 4 is 29.4 Å². The predicted molar refractivity (Wildman–Crippen MR) is 91.7 cm³/mol. The van der Waals surface area contributed by atoms with Gasteiger partial charge in [-0.1, -0.05) is 29.3 Å². The molecule has 0 fully saturated rings. The van der Waals surface area contributed by atoms with Crippen LogP contribution in [-0.4, -0.2) is 31.1 Å². The van der Waals surface area contributed by atoms with Crippen molar-refractivity contribution in [2.45, 2.75) is 6.42 Å². The largest absolute Gasteiger partial charge is 0.506 e. The molecule has 0 radical (unpaired) electrons. The number of aliphatic imine (C=N–C) groups is 1. The van der Waals surface area contributed by atoms with Crippen LogP contribution in [0.5, 0.6) is 17.2 Å². The van der Waals surface area contributed by atoms with Crippen molar-refractivity contribution in [1.82, 2.24) is 0 Å². The maximum Gasteiger partial charge on any atom is 0.161 e. The number of phenolic OH excluding ortho intramolecular Hbond substituents is 1. The molecule has 0 aromatic heterocycles. The monoisotopic (exact) mass is 351 g/mol. The van der Waals surface area contributed by atoms with Crippen LogP contribution in [0, 0.1) is 0 Å². The van der Waals surface area contributed by atoms with Gasteiger partial charge in [0.05, 0.1) is 5.02 Å². The average Bonchev–Trinajstić information content (AvgIpc) is 2.55. The highest BCUT2D eigenvalue weighted by molar-refractivity contribution is 6.36. The van der Waals surface area contributed by atoms with Crippen molar-refractivity contribution < 1.29 is 14.6 Å². The first-order chi connectivity index (χ1) is 11.1. The fraction of sp³-hybridized carbons (Fsp3) is 0.235. The van der Waals surface area contributed by atoms with Gasteiger partial charge in [0.25, 0.3) is 0 Å². The summed E-state index contributed by atoms with van der Waals surface area (Å²) in [5, 5.41) is 10.5. The summed E-state index contributed by atoms with van der Waals surface area (Å²) >= 11 is 11.8. The van der Waals surface area contributed by atoms with Crippen molar-refractivity contribution in [2.75, 3.05) is 19.8 Å². The highest BCUT2D eigenvalue weighted by Crippen LogP contribution is 2.31. The van der Waals surface area contributed by atoms with E-state index in [1.165, 1.54) is 6.07 Å². The maximum atomic E-state index is 9.86. The number of phenols is 1. The number of nitrogens with zero attached hydrogens (tertiary/aromatic N) is 1. The fourth-order valence-electron chi connectivity index (χ4n) is 2.28. The summed E-state index contributed by atoms with van der Waals surface area (Å²) in [5.41, 5.74) is 1.62. The second-order valence-corrected chi connectivity index (χ2v) is 5.93. The standard InChI is InChI=1S/C17H15Cl2NO3/c18-13-8-12(17(21)14(19)9-13)10-20-4-3-11-1-2-15-16(7-11)23-6-5-22-15/h1-2,7-10,21H,3-6H2. The van der Waals surface area contributed by atoms with Gasteiger partial charge in [0.2, 0.25) is 0 Å². The van der Waals surface area contributed by atoms with E-state index in [0.29, 0.717) is 30.3 Å². The number of hydrogen-bond acceptors (Lipinski definition) is 4. The summed E-state index contributed by atoms with van der Waals surface area (Å²) in [6.07, 6.45) is 2.33. The lowest BCUT2D eigenvalue weighted by molar-refractivity contribution is 0.171. The van der Waals surface area contributed by atoms with Crippen LogP contribution in [0.4, 0.5) is 0 Å². The van der Waals surface area contributed by atoms with Gasteiger partial charge in [-0.05, 0) is 36.2 Å². The average molecular weight is 352 g/mol. The Labute approximate surface area is 144 Å². The first kappa shape index (κ1) is 16.0. The second-order valence-electron chi connectivity index (χ2n) is 5.09. The highest BCUT2D eigenvalue weighted by atomic mass is 35.5. The van der Waals surface area contributed by atoms with E-state index in [1.807, 2.05) is 18.2 Å². The van der Waals surface area contributed by atoms with Crippen molar-refractivity contribution in [2.24, 2.45) is 4.99 Å². The Morgan fingerprint density at radius 3 is 2.70 bits per heavy atom. The Morgan fingerprint density at radius 2 is 1.87 bits per heavy atom. The SMILES string of the molecule is Oc1c(Cl)cc(Cl)cc1C=NCCc1ccc2c(c1)OCCO2. The molecule has 0 bridgehead atoms. The van der Waals surface area contributed by atoms with E-state index in [2.05, 4.69) is 4.99 Å². The van der Waals surface area contributed by atoms with Crippen LogP contribution in [0.3, 0.4) is 0 Å². The molecule has 0 saturated carbocycles. The second kappa shape index (κ2) is 7.11. The Bertz CT molecular complexity index is 747. The number of fused-ring (bicyclic) bond motifs is 1. The van der Waals surface area contributed by atoms with Crippen LogP contribution in [0.1, 0.15) is 11.1 Å². The minimum absolute atomic E-state index is 0.0147. The molecule has 1 aliphatic rings. The summed E-state index contributed by atoms with van der Waals surface area (Å²) in [7, 11) is 0. The van der Waals surface area contributed by atoms with Crippen LogP contribution >= 0.6 is 23.2 Å². The van der Waals surface area contributed by atoms with Gasteiger partial charge in [-0.15, -0.1) is 0 Å². The van der Waals surface area contributed by atoms with E-state index in [9.17, 15) is 5.11 Å². The molecule has 0 unspecified atom stereocenters. The van der Waals surface area contributed by atoms with Gasteiger partial charge in [0.1, 0.15) is 19.0 Å². The third kappa shape index (κ3) is 3.89. The zero-order valence-electron chi connectivity index (χ0n) is 12.3. The molecule has 2 aromatic carbocycles. The topological polar surface area (TPSA) is 51.1 Å². The third-order valence-corrected chi connectivity index (χ3v) is 3.93. The molecule has 0 atom stereocenters. The minimum atomic E-state index is -0.0147. The molecule has 4 nitrogen and oxygen atoms in total. The molecule has 2 aromatic rings. The minimum Gasteiger partial charge on any atom is -0.506 e. The molecule has 6 heteroatoms. The Balaban J connectivity index is 1.63. The number of rotatable bonds is 4. The quantitative estimate of drug-likeness (QED) is 0.842. The van der Waals surface area contributed by atoms with Crippen molar-refractivity contribution in [3.8, 4) is 17.2 Å². The summed E-state index contributed by atoms with van der Waals surface area (Å²) in [5.74, 6) is 1.54. The summed E-state index contributed by atoms with van der Waals surface area (Å²) < 4.78 is 11.0. The van der Waals surface area contributed by atoms with Crippen LogP contribution in [-0.2, 0) is 6.42 Å². The Hall–Kier alpha value is -1.91. The molecule has 1 N–H and O–H groups in total. The lowest BCUT2D eigenvalue weighted by atomic mass is 10.1. The molecule has 1 aliphatic heterocycles. The molecular weight excluding hydrogens is 337 g/mol. The van der Waals surface area contributed by atoms with Crippen molar-refractivity contribution in [3.05, 3.63) is 51.5 Å². The molecule has 0 aliphatic carbocycles. The van der Waals surface area contributed by atoms with E-state index in [0.717, 1.165) is 23.5 Å². The first-order valence-corrected chi connectivity index (χ1v) is 7.95. The molecule has 0 amide bonds. The molecule has 0 spiro atoms. The number of benzene rings is 2. The van der Waals surface area contributed by atoms with E-state index >= 15 is 0 Å². The summed E-state index contributed by atoms with van der Waals surface area (Å²) in [4.78, 5) is 4.32. The van der Waals surface area contributed by atoms with E-state index in [4.69, 9.17) is 32.7 Å². The van der Waals surface area contributed by atoms with Gasteiger partial charge in [-0.2, -0.15) is 0 Å². The Kier molecular flexibility index (Phi) is 4.94. The lowest BCUT2D eigenvalue weighted by Crippen LogP contribution is -2.15. The summed E-state index contributed by atoms with van der Waals surface area (Å²) in [6, 6.07) is 8.99. The summed E-state index contributed by atoms with van der Waals surface area (Å²) in [6.45, 7) is 1.73. The van der Waals surface area contributed by atoms with E-state index < -0.39 is 0 Å². The van der Waals surface area contributed by atoms with Gasteiger partial charge in [0.15, 0.2) is 11.5 Å². The fourth-order valence-corrected chi connectivity index (χ4v) is 2.79. The van der Waals surface area contributed by atoms with Crippen LogP contribution < -0.4 is 9.47 Å². The zero-order valence-corrected chi connectivity index (χ0v) is 13.8. The zero-order chi connectivity index (χ0) is 16.2. The molecule has 120 valence electrons. The molecule has 1 heterocycles. The van der Waals surface area contributed by atoms with Gasteiger partial charge in [-0.25, -0.2) is 0 Å². The molecular formula is C17H15Cl2NO3. The van der Waals surface area contributed by atoms with Crippen LogP contribution in [0.15, 0.2) is 35.3 Å². The van der Waals surface area contributed by atoms with Gasteiger partial charge in [-0.3, -0.25) is 4.99 Å². The molecule has 0 saturated heterocycles. The van der Waals surface area contributed by atoms with Gasteiger partial charge in [0, 0.05) is 23.3 Å². The maximum absolute atomic E-state index is 9.86. The normalized spacial score (nSPS) is 13.5. The van der Waals surface area contributed by atoms with Crippen molar-refractivity contribution in [3.63, 3.8) is 0 Å². The van der Waals surface area contributed by atoms with Crippen LogP contribution in [0.25, 0.3) is 0 Å². The smallest absolute Gasteiger partial charge is 0.161 e. The molecule has 3 rings (SSSR count). The highest BCUT2D eigenvalue weighted by Gasteiger charge is 2.11. The van der Waals surface area contributed by atoms with Gasteiger partial charge >= 0.3 is 0 Å². The molecule has 23 heavy (non-hydrogen) atoms. The Morgan fingerprint density at radius 1 is 1.09 bits per heavy atom. The van der Waals surface area contributed by atoms with Crippen LogP contribution in [0.2, 0.25) is 10.0 Å².